The molecule has 1 unspecified atom stereocenters. The van der Waals surface area contributed by atoms with Gasteiger partial charge in [-0.1, -0.05) is 20.3 Å². The van der Waals surface area contributed by atoms with Crippen LogP contribution in [0.15, 0.2) is 0 Å². The number of nitrogens with one attached hydrogen (secondary N) is 1. The second kappa shape index (κ2) is 7.94. The number of likely N-dealkylation sites (tertiary alicyclic amines) is 1. The first-order valence-electron chi connectivity index (χ1n) is 8.79. The van der Waals surface area contributed by atoms with E-state index in [4.69, 9.17) is 0 Å². The van der Waals surface area contributed by atoms with Crippen LogP contribution < -0.4 is 5.32 Å². The van der Waals surface area contributed by atoms with Crippen molar-refractivity contribution < 1.29 is 0 Å². The number of hydrogen-bond donors (Lipinski definition) is 1. The van der Waals surface area contributed by atoms with E-state index in [-0.39, 0.29) is 5.54 Å². The fourth-order valence-corrected chi connectivity index (χ4v) is 3.44. The first-order chi connectivity index (χ1) is 9.65. The average Bonchev–Trinajstić information content (AvgIpc) is 2.37. The molecule has 0 aromatic heterocycles. The highest BCUT2D eigenvalue weighted by atomic mass is 15.2. The molecule has 3 heteroatoms. The van der Waals surface area contributed by atoms with Gasteiger partial charge in [0.05, 0.1) is 0 Å². The van der Waals surface area contributed by atoms with Crippen molar-refractivity contribution >= 4 is 0 Å². The monoisotopic (exact) mass is 297 g/mol. The Bertz CT molecular complexity index is 287. The molecule has 126 valence electrons. The Balaban J connectivity index is 2.50. The van der Waals surface area contributed by atoms with Gasteiger partial charge in [0.25, 0.3) is 0 Å². The van der Waals surface area contributed by atoms with E-state index in [0.29, 0.717) is 5.41 Å². The molecule has 1 aliphatic rings. The third-order valence-electron chi connectivity index (χ3n) is 4.79. The van der Waals surface area contributed by atoms with Gasteiger partial charge in [-0.3, -0.25) is 0 Å². The number of rotatable bonds is 7. The summed E-state index contributed by atoms with van der Waals surface area (Å²) in [5.74, 6) is 0. The van der Waals surface area contributed by atoms with Crippen LogP contribution in [-0.4, -0.2) is 61.7 Å². The lowest BCUT2D eigenvalue weighted by Gasteiger charge is -2.41. The molecule has 0 bridgehead atoms. The zero-order chi connectivity index (χ0) is 16.1. The van der Waals surface area contributed by atoms with Crippen LogP contribution in [-0.2, 0) is 0 Å². The average molecular weight is 298 g/mol. The van der Waals surface area contributed by atoms with Crippen molar-refractivity contribution in [2.45, 2.75) is 71.9 Å². The second-order valence-corrected chi connectivity index (χ2v) is 8.64. The zero-order valence-electron chi connectivity index (χ0n) is 15.6. The van der Waals surface area contributed by atoms with Gasteiger partial charge in [0, 0.05) is 24.7 Å². The van der Waals surface area contributed by atoms with E-state index in [2.05, 4.69) is 63.8 Å². The van der Waals surface area contributed by atoms with Crippen molar-refractivity contribution in [2.24, 2.45) is 5.41 Å². The Morgan fingerprint density at radius 2 is 1.67 bits per heavy atom. The van der Waals surface area contributed by atoms with Gasteiger partial charge < -0.3 is 15.1 Å². The summed E-state index contributed by atoms with van der Waals surface area (Å²) in [5, 5.41) is 3.73. The molecule has 0 radical (unpaired) electrons. The van der Waals surface area contributed by atoms with Gasteiger partial charge in [0.2, 0.25) is 0 Å². The molecule has 1 atom stereocenters. The van der Waals surface area contributed by atoms with Crippen LogP contribution in [0, 0.1) is 5.41 Å². The highest BCUT2D eigenvalue weighted by molar-refractivity contribution is 4.86. The van der Waals surface area contributed by atoms with Crippen molar-refractivity contribution in [3.63, 3.8) is 0 Å². The minimum atomic E-state index is 0.215. The lowest BCUT2D eigenvalue weighted by molar-refractivity contribution is 0.0918. The predicted octanol–water partition coefficient (Wildman–Crippen LogP) is 3.21. The molecule has 1 heterocycles. The summed E-state index contributed by atoms with van der Waals surface area (Å²) in [6.45, 7) is 16.5. The van der Waals surface area contributed by atoms with Gasteiger partial charge in [-0.05, 0) is 72.6 Å². The highest BCUT2D eigenvalue weighted by Crippen LogP contribution is 2.27. The summed E-state index contributed by atoms with van der Waals surface area (Å²) < 4.78 is 0. The zero-order valence-corrected chi connectivity index (χ0v) is 15.6. The van der Waals surface area contributed by atoms with Gasteiger partial charge in [0.1, 0.15) is 0 Å². The van der Waals surface area contributed by atoms with E-state index in [0.717, 1.165) is 12.6 Å². The normalized spacial score (nSPS) is 21.7. The van der Waals surface area contributed by atoms with Crippen molar-refractivity contribution in [1.82, 2.24) is 15.1 Å². The molecule has 21 heavy (non-hydrogen) atoms. The van der Waals surface area contributed by atoms with Crippen molar-refractivity contribution in [1.29, 1.82) is 0 Å². The van der Waals surface area contributed by atoms with Gasteiger partial charge in [-0.15, -0.1) is 0 Å². The minimum Gasteiger partial charge on any atom is -0.311 e. The second-order valence-electron chi connectivity index (χ2n) is 8.64. The van der Waals surface area contributed by atoms with Crippen LogP contribution in [0.5, 0.6) is 0 Å². The summed E-state index contributed by atoms with van der Waals surface area (Å²) >= 11 is 0. The number of piperidine rings is 1. The van der Waals surface area contributed by atoms with Gasteiger partial charge in [-0.25, -0.2) is 0 Å². The summed E-state index contributed by atoms with van der Waals surface area (Å²) in [7, 11) is 4.43. The maximum absolute atomic E-state index is 3.73. The Hall–Kier alpha value is -0.120. The predicted molar refractivity (Wildman–Crippen MR) is 93.9 cm³/mol. The fourth-order valence-electron chi connectivity index (χ4n) is 3.44. The van der Waals surface area contributed by atoms with Crippen molar-refractivity contribution in [2.75, 3.05) is 40.3 Å². The molecule has 1 fully saturated rings. The molecule has 3 nitrogen and oxygen atoms in total. The number of nitrogens with zero attached hydrogens (tertiary/aromatic N) is 2. The van der Waals surface area contributed by atoms with Crippen molar-refractivity contribution in [3.8, 4) is 0 Å². The third-order valence-corrected chi connectivity index (χ3v) is 4.79. The molecule has 0 aliphatic carbocycles. The Kier molecular flexibility index (Phi) is 7.15. The summed E-state index contributed by atoms with van der Waals surface area (Å²) in [6, 6.07) is 0.784. The standard InChI is InChI=1S/C18H39N3/c1-8-11-18(5,14-19-17(2,3)4)15-21-12-9-16(10-13-21)20(6)7/h16,19H,8-15H2,1-7H3. The molecule has 1 N–H and O–H groups in total. The Morgan fingerprint density at radius 1 is 1.10 bits per heavy atom. The highest BCUT2D eigenvalue weighted by Gasteiger charge is 2.30. The molecular weight excluding hydrogens is 258 g/mol. The molecule has 1 rings (SSSR count). The maximum atomic E-state index is 3.73. The van der Waals surface area contributed by atoms with E-state index in [1.807, 2.05) is 0 Å². The first kappa shape index (κ1) is 18.9. The van der Waals surface area contributed by atoms with Crippen molar-refractivity contribution in [3.05, 3.63) is 0 Å². The maximum Gasteiger partial charge on any atom is 0.0113 e. The molecule has 0 spiro atoms. The lowest BCUT2D eigenvalue weighted by Crippen LogP contribution is -2.50. The van der Waals surface area contributed by atoms with E-state index < -0.39 is 0 Å². The fraction of sp³-hybridized carbons (Fsp3) is 1.00. The lowest BCUT2D eigenvalue weighted by atomic mass is 9.83. The van der Waals surface area contributed by atoms with Crippen LogP contribution in [0.25, 0.3) is 0 Å². The third kappa shape index (κ3) is 7.12. The summed E-state index contributed by atoms with van der Waals surface area (Å²) in [6.07, 6.45) is 5.23. The minimum absolute atomic E-state index is 0.215. The summed E-state index contributed by atoms with van der Waals surface area (Å²) in [4.78, 5) is 5.09. The Morgan fingerprint density at radius 3 is 2.10 bits per heavy atom. The molecular formula is C18H39N3. The van der Waals surface area contributed by atoms with Crippen LogP contribution in [0.2, 0.25) is 0 Å². The molecule has 0 amide bonds. The summed E-state index contributed by atoms with van der Waals surface area (Å²) in [5.41, 5.74) is 0.611. The van der Waals surface area contributed by atoms with E-state index in [1.165, 1.54) is 45.3 Å². The van der Waals surface area contributed by atoms with Crippen LogP contribution in [0.1, 0.15) is 60.3 Å². The molecule has 1 saturated heterocycles. The molecule has 1 aliphatic heterocycles. The molecule has 0 aromatic carbocycles. The van der Waals surface area contributed by atoms with Crippen LogP contribution in [0.4, 0.5) is 0 Å². The first-order valence-corrected chi connectivity index (χ1v) is 8.79. The van der Waals surface area contributed by atoms with Crippen LogP contribution >= 0.6 is 0 Å². The topological polar surface area (TPSA) is 18.5 Å². The molecule has 0 saturated carbocycles. The van der Waals surface area contributed by atoms with Gasteiger partial charge in [0.15, 0.2) is 0 Å². The quantitative estimate of drug-likeness (QED) is 0.778. The largest absolute Gasteiger partial charge is 0.311 e. The van der Waals surface area contributed by atoms with E-state index in [9.17, 15) is 0 Å². The van der Waals surface area contributed by atoms with E-state index >= 15 is 0 Å². The van der Waals surface area contributed by atoms with Gasteiger partial charge >= 0.3 is 0 Å². The van der Waals surface area contributed by atoms with Crippen LogP contribution in [0.3, 0.4) is 0 Å². The Labute approximate surface area is 133 Å². The smallest absolute Gasteiger partial charge is 0.0113 e. The van der Waals surface area contributed by atoms with Gasteiger partial charge in [-0.2, -0.15) is 0 Å². The number of hydrogen-bond acceptors (Lipinski definition) is 3. The SMILES string of the molecule is CCCC(C)(CNC(C)(C)C)CN1CCC(N(C)C)CC1. The molecule has 0 aromatic rings. The van der Waals surface area contributed by atoms with E-state index in [1.54, 1.807) is 0 Å².